The van der Waals surface area contributed by atoms with E-state index in [-0.39, 0.29) is 0 Å². The zero-order chi connectivity index (χ0) is 23.3. The summed E-state index contributed by atoms with van der Waals surface area (Å²) in [4.78, 5) is 4.72. The third kappa shape index (κ3) is 4.79. The molecule has 0 aromatic heterocycles. The molecular formula is C29H30N2O3. The molecule has 5 heteroatoms. The van der Waals surface area contributed by atoms with Gasteiger partial charge in [0.2, 0.25) is 0 Å². The molecular weight excluding hydrogens is 424 g/mol. The van der Waals surface area contributed by atoms with Crippen LogP contribution in [0.15, 0.2) is 99.6 Å². The molecule has 2 aliphatic carbocycles. The van der Waals surface area contributed by atoms with Gasteiger partial charge in [-0.2, -0.15) is 0 Å². The van der Waals surface area contributed by atoms with Crippen molar-refractivity contribution < 1.29 is 14.2 Å². The molecule has 0 saturated heterocycles. The van der Waals surface area contributed by atoms with Crippen LogP contribution in [0, 0.1) is 0 Å². The van der Waals surface area contributed by atoms with Gasteiger partial charge in [0.1, 0.15) is 23.0 Å². The largest absolute Gasteiger partial charge is 0.497 e. The topological polar surface area (TPSA) is 52.1 Å². The Hall–Kier alpha value is -3.73. The van der Waals surface area contributed by atoms with E-state index in [1.165, 1.54) is 16.7 Å². The van der Waals surface area contributed by atoms with Crippen molar-refractivity contribution in [3.63, 3.8) is 0 Å². The average Bonchev–Trinajstić information content (AvgIpc) is 2.89. The molecule has 174 valence electrons. The molecule has 1 heterocycles. The summed E-state index contributed by atoms with van der Waals surface area (Å²) in [6.07, 6.45) is 12.7. The molecule has 0 saturated carbocycles. The van der Waals surface area contributed by atoms with Gasteiger partial charge in [0, 0.05) is 41.4 Å². The smallest absolute Gasteiger partial charge is 0.135 e. The number of allylic oxidation sites excluding steroid dienone is 5. The summed E-state index contributed by atoms with van der Waals surface area (Å²) >= 11 is 0. The highest BCUT2D eigenvalue weighted by Gasteiger charge is 2.28. The second kappa shape index (κ2) is 10.0. The maximum Gasteiger partial charge on any atom is 0.135 e. The minimum atomic E-state index is 0.806. The van der Waals surface area contributed by atoms with Crippen molar-refractivity contribution in [3.05, 3.63) is 94.6 Å². The van der Waals surface area contributed by atoms with Gasteiger partial charge >= 0.3 is 0 Å². The van der Waals surface area contributed by atoms with E-state index in [0.717, 1.165) is 78.5 Å². The van der Waals surface area contributed by atoms with E-state index in [0.29, 0.717) is 0 Å². The van der Waals surface area contributed by atoms with Crippen molar-refractivity contribution in [2.24, 2.45) is 4.99 Å². The van der Waals surface area contributed by atoms with E-state index in [2.05, 4.69) is 17.6 Å². The van der Waals surface area contributed by atoms with Crippen molar-refractivity contribution >= 4 is 17.6 Å². The summed E-state index contributed by atoms with van der Waals surface area (Å²) in [5.41, 5.74) is 6.81. The lowest BCUT2D eigenvalue weighted by atomic mass is 9.86. The van der Waals surface area contributed by atoms with Crippen LogP contribution < -0.4 is 14.8 Å². The molecule has 5 rings (SSSR count). The molecule has 0 atom stereocenters. The van der Waals surface area contributed by atoms with Crippen LogP contribution in [0.25, 0.3) is 0 Å². The highest BCUT2D eigenvalue weighted by molar-refractivity contribution is 5.83. The number of nitrogens with one attached hydrogen (secondary N) is 1. The van der Waals surface area contributed by atoms with Crippen LogP contribution in [0.1, 0.15) is 38.5 Å². The Balaban J connectivity index is 1.42. The molecule has 0 spiro atoms. The SMILES string of the molecule is COc1cccc(N=CC2=C3OC4=C(C=C3CCC2)CCC/C4=C\Nc2cccc(OC)c2)c1. The Morgan fingerprint density at radius 2 is 1.68 bits per heavy atom. The Morgan fingerprint density at radius 1 is 0.882 bits per heavy atom. The standard InChI is InChI=1S/C29H30N2O3/c1-32-26-13-5-11-24(16-26)30-18-22-9-3-7-20-15-21-8-4-10-23(29(21)34-28(20)22)19-31-25-12-6-14-27(17-25)33-2/h5-6,11-19,30H,3-4,7-10H2,1-2H3/b22-18+,31-19?. The van der Waals surface area contributed by atoms with Gasteiger partial charge in [0.25, 0.3) is 0 Å². The third-order valence-electron chi connectivity index (χ3n) is 6.41. The van der Waals surface area contributed by atoms with Gasteiger partial charge in [-0.3, -0.25) is 4.99 Å². The molecule has 0 bridgehead atoms. The molecule has 0 radical (unpaired) electrons. The Morgan fingerprint density at radius 3 is 2.53 bits per heavy atom. The van der Waals surface area contributed by atoms with Crippen LogP contribution in [0.2, 0.25) is 0 Å². The first-order valence-corrected chi connectivity index (χ1v) is 11.9. The first-order chi connectivity index (χ1) is 16.7. The predicted molar refractivity (Wildman–Crippen MR) is 137 cm³/mol. The monoisotopic (exact) mass is 454 g/mol. The normalized spacial score (nSPS) is 18.9. The molecule has 0 fully saturated rings. The second-order valence-corrected chi connectivity index (χ2v) is 8.69. The van der Waals surface area contributed by atoms with Crippen LogP contribution in [0.5, 0.6) is 11.5 Å². The Bertz CT molecular complexity index is 1230. The van der Waals surface area contributed by atoms with E-state index in [9.17, 15) is 0 Å². The molecule has 1 aliphatic heterocycles. The molecule has 0 amide bonds. The molecule has 3 aliphatic rings. The minimum Gasteiger partial charge on any atom is -0.497 e. The molecule has 1 N–H and O–H groups in total. The maximum atomic E-state index is 6.63. The molecule has 5 nitrogen and oxygen atoms in total. The highest BCUT2D eigenvalue weighted by atomic mass is 16.5. The van der Waals surface area contributed by atoms with Gasteiger partial charge < -0.3 is 19.5 Å². The molecule has 0 unspecified atom stereocenters. The number of anilines is 1. The van der Waals surface area contributed by atoms with Gasteiger partial charge in [0.05, 0.1) is 19.9 Å². The fraction of sp³-hybridized carbons (Fsp3) is 0.276. The zero-order valence-electron chi connectivity index (χ0n) is 19.8. The Labute approximate surface area is 201 Å². The van der Waals surface area contributed by atoms with Crippen molar-refractivity contribution in [3.8, 4) is 11.5 Å². The summed E-state index contributed by atoms with van der Waals surface area (Å²) in [6, 6.07) is 15.8. The van der Waals surface area contributed by atoms with E-state index >= 15 is 0 Å². The van der Waals surface area contributed by atoms with Crippen LogP contribution in [-0.4, -0.2) is 20.4 Å². The van der Waals surface area contributed by atoms with Crippen molar-refractivity contribution in [1.29, 1.82) is 0 Å². The van der Waals surface area contributed by atoms with Crippen molar-refractivity contribution in [2.45, 2.75) is 38.5 Å². The minimum absolute atomic E-state index is 0.806. The number of rotatable bonds is 6. The van der Waals surface area contributed by atoms with Crippen LogP contribution in [-0.2, 0) is 4.74 Å². The summed E-state index contributed by atoms with van der Waals surface area (Å²) < 4.78 is 17.3. The number of fused-ring (bicyclic) bond motifs is 1. The fourth-order valence-corrected chi connectivity index (χ4v) is 4.64. The highest BCUT2D eigenvalue weighted by Crippen LogP contribution is 2.42. The van der Waals surface area contributed by atoms with Crippen LogP contribution >= 0.6 is 0 Å². The van der Waals surface area contributed by atoms with Crippen molar-refractivity contribution in [2.75, 3.05) is 19.5 Å². The number of hydrogen-bond donors (Lipinski definition) is 1. The fourth-order valence-electron chi connectivity index (χ4n) is 4.64. The number of methoxy groups -OCH3 is 2. The van der Waals surface area contributed by atoms with Gasteiger partial charge in [-0.25, -0.2) is 0 Å². The quantitative estimate of drug-likeness (QED) is 0.468. The third-order valence-corrected chi connectivity index (χ3v) is 6.41. The van der Waals surface area contributed by atoms with Gasteiger partial charge in [-0.15, -0.1) is 0 Å². The molecule has 2 aromatic carbocycles. The number of hydrogen-bond acceptors (Lipinski definition) is 5. The lowest BCUT2D eigenvalue weighted by molar-refractivity contribution is 0.293. The average molecular weight is 455 g/mol. The molecule has 2 aromatic rings. The zero-order valence-corrected chi connectivity index (χ0v) is 19.8. The van der Waals surface area contributed by atoms with E-state index < -0.39 is 0 Å². The number of benzene rings is 2. The van der Waals surface area contributed by atoms with Crippen LogP contribution in [0.3, 0.4) is 0 Å². The summed E-state index contributed by atoms with van der Waals surface area (Å²) in [5.74, 6) is 3.61. The first kappa shape index (κ1) is 22.1. The van der Waals surface area contributed by atoms with E-state index in [1.54, 1.807) is 14.2 Å². The predicted octanol–water partition coefficient (Wildman–Crippen LogP) is 7.23. The number of aliphatic imine (C=N–C) groups is 1. The number of nitrogens with zero attached hydrogens (tertiary/aromatic N) is 1. The van der Waals surface area contributed by atoms with Gasteiger partial charge in [0.15, 0.2) is 0 Å². The maximum absolute atomic E-state index is 6.63. The molecule has 34 heavy (non-hydrogen) atoms. The Kier molecular flexibility index (Phi) is 6.52. The van der Waals surface area contributed by atoms with E-state index in [4.69, 9.17) is 19.2 Å². The lowest BCUT2D eigenvalue weighted by Crippen LogP contribution is -2.16. The van der Waals surface area contributed by atoms with Crippen molar-refractivity contribution in [1.82, 2.24) is 0 Å². The second-order valence-electron chi connectivity index (χ2n) is 8.69. The lowest BCUT2D eigenvalue weighted by Gasteiger charge is -2.31. The van der Waals surface area contributed by atoms with Gasteiger partial charge in [-0.1, -0.05) is 12.1 Å². The van der Waals surface area contributed by atoms with E-state index in [1.807, 2.05) is 54.7 Å². The summed E-state index contributed by atoms with van der Waals surface area (Å²) in [5, 5.41) is 3.43. The summed E-state index contributed by atoms with van der Waals surface area (Å²) in [6.45, 7) is 0. The van der Waals surface area contributed by atoms with Crippen LogP contribution in [0.4, 0.5) is 11.4 Å². The first-order valence-electron chi connectivity index (χ1n) is 11.9. The summed E-state index contributed by atoms with van der Waals surface area (Å²) in [7, 11) is 3.36. The number of ether oxygens (including phenoxy) is 3. The van der Waals surface area contributed by atoms with Gasteiger partial charge in [-0.05, 0) is 80.0 Å².